The Morgan fingerprint density at radius 1 is 0.881 bits per heavy atom. The van der Waals surface area contributed by atoms with E-state index in [0.29, 0.717) is 18.9 Å². The predicted molar refractivity (Wildman–Crippen MR) is 171 cm³/mol. The average Bonchev–Trinajstić information content (AvgIpc) is 3.39. The molecule has 1 heterocycles. The van der Waals surface area contributed by atoms with E-state index in [4.69, 9.17) is 9.47 Å². The van der Waals surface area contributed by atoms with Crippen LogP contribution in [-0.4, -0.2) is 19.6 Å². The first-order chi connectivity index (χ1) is 20.0. The van der Waals surface area contributed by atoms with Gasteiger partial charge in [0.25, 0.3) is 0 Å². The van der Waals surface area contributed by atoms with Crippen molar-refractivity contribution in [1.29, 1.82) is 0 Å². The second-order valence-corrected chi connectivity index (χ2v) is 12.2. The fourth-order valence-electron chi connectivity index (χ4n) is 5.24. The number of benzene rings is 2. The second kappa shape index (κ2) is 20.5. The molecule has 0 saturated carbocycles. The Balaban J connectivity index is 0.00000616. The van der Waals surface area contributed by atoms with Crippen LogP contribution in [0.5, 0.6) is 11.5 Å². The summed E-state index contributed by atoms with van der Waals surface area (Å²) in [5.74, 6) is 1.48. The fourth-order valence-corrected chi connectivity index (χ4v) is 5.87. The lowest BCUT2D eigenvalue weighted by molar-refractivity contribution is -0.683. The highest BCUT2D eigenvalue weighted by molar-refractivity contribution is 7.09. The van der Waals surface area contributed by atoms with Crippen molar-refractivity contribution in [3.63, 3.8) is 0 Å². The van der Waals surface area contributed by atoms with Crippen molar-refractivity contribution < 1.29 is 35.8 Å². The maximum atomic E-state index is 12.8. The molecule has 5 nitrogen and oxygen atoms in total. The highest BCUT2D eigenvalue weighted by atomic mass is 79.9. The molecule has 0 aliphatic carbocycles. The third-order valence-electron chi connectivity index (χ3n) is 7.56. The van der Waals surface area contributed by atoms with E-state index in [2.05, 4.69) is 36.2 Å². The first-order valence-electron chi connectivity index (χ1n) is 15.6. The van der Waals surface area contributed by atoms with Gasteiger partial charge in [-0.05, 0) is 37.1 Å². The van der Waals surface area contributed by atoms with E-state index in [1.807, 2.05) is 41.3 Å². The number of hydrogen-bond donors (Lipinski definition) is 0. The summed E-state index contributed by atoms with van der Waals surface area (Å²) < 4.78 is 13.9. The highest BCUT2D eigenvalue weighted by Gasteiger charge is 2.19. The molecule has 42 heavy (non-hydrogen) atoms. The van der Waals surface area contributed by atoms with Crippen LogP contribution in [0.1, 0.15) is 107 Å². The Bertz CT molecular complexity index is 1180. The summed E-state index contributed by atoms with van der Waals surface area (Å²) in [6.45, 7) is 7.89. The van der Waals surface area contributed by atoms with E-state index >= 15 is 0 Å². The van der Waals surface area contributed by atoms with Gasteiger partial charge in [-0.3, -0.25) is 4.79 Å². The topological polar surface area (TPSA) is 42.7 Å². The number of thiazole rings is 1. The lowest BCUT2D eigenvalue weighted by Crippen LogP contribution is -3.00. The van der Waals surface area contributed by atoms with Crippen LogP contribution in [0.15, 0.2) is 54.2 Å². The van der Waals surface area contributed by atoms with E-state index in [9.17, 15) is 4.79 Å². The van der Waals surface area contributed by atoms with Crippen molar-refractivity contribution >= 4 is 22.9 Å². The minimum absolute atomic E-state index is 0. The van der Waals surface area contributed by atoms with E-state index in [-0.39, 0.29) is 22.9 Å². The molecule has 7 heteroatoms. The number of aromatic nitrogens is 1. The van der Waals surface area contributed by atoms with E-state index in [0.717, 1.165) is 35.5 Å². The van der Waals surface area contributed by atoms with Crippen molar-refractivity contribution in [2.45, 2.75) is 111 Å². The molecule has 0 aliphatic rings. The minimum Gasteiger partial charge on any atom is -1.00 e. The Morgan fingerprint density at radius 3 is 2.12 bits per heavy atom. The van der Waals surface area contributed by atoms with Crippen LogP contribution in [-0.2, 0) is 17.9 Å². The first kappa shape index (κ1) is 35.8. The van der Waals surface area contributed by atoms with Crippen LogP contribution >= 0.6 is 11.3 Å². The summed E-state index contributed by atoms with van der Waals surface area (Å²) in [5.41, 5.74) is 5.16. The maximum Gasteiger partial charge on any atom is 0.225 e. The summed E-state index contributed by atoms with van der Waals surface area (Å²) in [7, 11) is 1.67. The number of halogens is 1. The molecule has 2 aromatic carbocycles. The molecule has 0 N–H and O–H groups in total. The Labute approximate surface area is 269 Å². The quantitative estimate of drug-likeness (QED) is 0.110. The number of ether oxygens (including phenoxy) is 2. The molecular formula is C35H51BrN2O3S. The second-order valence-electron chi connectivity index (χ2n) is 11.1. The number of para-hydroxylation sites is 1. The predicted octanol–water partition coefficient (Wildman–Crippen LogP) is 6.04. The molecule has 0 unspecified atom stereocenters. The lowest BCUT2D eigenvalue weighted by atomic mass is 10.1. The molecule has 1 amide bonds. The number of unbranched alkanes of at least 4 members (excludes halogenated alkanes) is 11. The number of anilines is 1. The molecule has 0 saturated heterocycles. The van der Waals surface area contributed by atoms with Crippen molar-refractivity contribution in [2.75, 3.05) is 18.6 Å². The van der Waals surface area contributed by atoms with Crippen molar-refractivity contribution in [2.24, 2.45) is 0 Å². The van der Waals surface area contributed by atoms with Gasteiger partial charge in [-0.25, -0.2) is 0 Å². The van der Waals surface area contributed by atoms with Gasteiger partial charge < -0.3 is 31.4 Å². The van der Waals surface area contributed by atoms with E-state index < -0.39 is 0 Å². The molecule has 3 aromatic rings. The molecule has 232 valence electrons. The number of amides is 1. The third-order valence-corrected chi connectivity index (χ3v) is 8.41. The Kier molecular flexibility index (Phi) is 17.5. The summed E-state index contributed by atoms with van der Waals surface area (Å²) in [5, 5.41) is 0. The highest BCUT2D eigenvalue weighted by Crippen LogP contribution is 2.30. The summed E-state index contributed by atoms with van der Waals surface area (Å²) in [6, 6.07) is 14.2. The van der Waals surface area contributed by atoms with Gasteiger partial charge in [0.15, 0.2) is 24.2 Å². The smallest absolute Gasteiger partial charge is 0.225 e. The van der Waals surface area contributed by atoms with Gasteiger partial charge in [-0.1, -0.05) is 113 Å². The van der Waals surface area contributed by atoms with Crippen LogP contribution in [0.4, 0.5) is 5.69 Å². The number of carbonyl (C=O) groups excluding carboxylic acids is 1. The molecular weight excluding hydrogens is 608 g/mol. The number of aryl methyl sites for hydroxylation is 1. The van der Waals surface area contributed by atoms with Crippen molar-refractivity contribution in [3.05, 3.63) is 70.2 Å². The zero-order valence-corrected chi connectivity index (χ0v) is 28.6. The average molecular weight is 660 g/mol. The van der Waals surface area contributed by atoms with Crippen molar-refractivity contribution in [3.8, 4) is 11.5 Å². The fraction of sp³-hybridized carbons (Fsp3) is 0.543. The first-order valence-corrected chi connectivity index (χ1v) is 16.5. The van der Waals surface area contributed by atoms with E-state index in [1.165, 1.54) is 75.5 Å². The SMILES string of the molecule is CCCCCCCCCCCCCCOc1ccc(CN(C(C)=O)c2ccccc2C[n+]2csc(C)c2)cc1OC.[Br-]. The monoisotopic (exact) mass is 658 g/mol. The van der Waals surface area contributed by atoms with Gasteiger partial charge in [0, 0.05) is 12.5 Å². The van der Waals surface area contributed by atoms with Gasteiger partial charge >= 0.3 is 0 Å². The molecule has 0 aliphatic heterocycles. The molecule has 0 bridgehead atoms. The molecule has 0 fully saturated rings. The Morgan fingerprint density at radius 2 is 1.52 bits per heavy atom. The molecule has 0 radical (unpaired) electrons. The largest absolute Gasteiger partial charge is 1.00 e. The van der Waals surface area contributed by atoms with Gasteiger partial charge in [0.1, 0.15) is 0 Å². The maximum absolute atomic E-state index is 12.8. The zero-order valence-electron chi connectivity index (χ0n) is 26.2. The lowest BCUT2D eigenvalue weighted by Gasteiger charge is -2.24. The molecule has 0 atom stereocenters. The zero-order chi connectivity index (χ0) is 29.3. The minimum atomic E-state index is 0. The van der Waals surface area contributed by atoms with Gasteiger partial charge in [0.05, 0.1) is 30.8 Å². The van der Waals surface area contributed by atoms with Crippen LogP contribution < -0.4 is 35.9 Å². The van der Waals surface area contributed by atoms with Gasteiger partial charge in [-0.2, -0.15) is 4.57 Å². The third kappa shape index (κ3) is 12.5. The normalized spacial score (nSPS) is 10.8. The van der Waals surface area contributed by atoms with Gasteiger partial charge in [0.2, 0.25) is 11.4 Å². The summed E-state index contributed by atoms with van der Waals surface area (Å²) in [4.78, 5) is 15.9. The van der Waals surface area contributed by atoms with Crippen LogP contribution in [0.25, 0.3) is 0 Å². The van der Waals surface area contributed by atoms with Crippen LogP contribution in [0.3, 0.4) is 0 Å². The number of carbonyl (C=O) groups is 1. The number of rotatable bonds is 20. The van der Waals surface area contributed by atoms with Crippen LogP contribution in [0, 0.1) is 6.92 Å². The number of hydrogen-bond acceptors (Lipinski definition) is 4. The molecule has 0 spiro atoms. The molecule has 1 aromatic heterocycles. The summed E-state index contributed by atoms with van der Waals surface area (Å²) in [6.07, 6.45) is 18.1. The number of nitrogens with zero attached hydrogens (tertiary/aromatic N) is 2. The summed E-state index contributed by atoms with van der Waals surface area (Å²) >= 11 is 1.72. The van der Waals surface area contributed by atoms with Crippen LogP contribution in [0.2, 0.25) is 0 Å². The standard InChI is InChI=1S/C35H51N2O3S.BrH/c1-5-6-7-8-9-10-11-12-13-14-15-18-23-40-34-22-21-31(24-35(34)39-4)26-37(30(3)38)33-20-17-16-19-32(33)27-36-25-29(2)41-28-36;/h16-17,19-22,24-25,28H,5-15,18,23,26-27H2,1-4H3;1H/q+1;/p-1. The van der Waals surface area contributed by atoms with Gasteiger partial charge in [-0.15, -0.1) is 0 Å². The van der Waals surface area contributed by atoms with Crippen molar-refractivity contribution in [1.82, 2.24) is 0 Å². The van der Waals surface area contributed by atoms with E-state index in [1.54, 1.807) is 25.4 Å². The molecule has 3 rings (SSSR count). The Hall–Kier alpha value is -2.38. The number of methoxy groups -OCH3 is 1.